The number of guanidine groups is 1. The molecule has 0 radical (unpaired) electrons. The topological polar surface area (TPSA) is 62.9 Å². The SMILES string of the molecule is CC(C)CNC(N)=NCC(C)(C)N1CCOCC1. The summed E-state index contributed by atoms with van der Waals surface area (Å²) in [5, 5.41) is 3.14. The lowest BCUT2D eigenvalue weighted by molar-refractivity contribution is -0.00682. The Morgan fingerprint density at radius 1 is 1.39 bits per heavy atom. The summed E-state index contributed by atoms with van der Waals surface area (Å²) in [6.45, 7) is 13.9. The second kappa shape index (κ2) is 6.95. The smallest absolute Gasteiger partial charge is 0.188 e. The van der Waals surface area contributed by atoms with Crippen LogP contribution in [0.15, 0.2) is 4.99 Å². The molecular weight excluding hydrogens is 228 g/mol. The Morgan fingerprint density at radius 3 is 2.56 bits per heavy atom. The van der Waals surface area contributed by atoms with E-state index in [9.17, 15) is 0 Å². The van der Waals surface area contributed by atoms with Gasteiger partial charge in [-0.05, 0) is 19.8 Å². The molecule has 5 nitrogen and oxygen atoms in total. The number of aliphatic imine (C=N–C) groups is 1. The first-order chi connectivity index (χ1) is 8.42. The van der Waals surface area contributed by atoms with E-state index in [1.807, 2.05) is 0 Å². The van der Waals surface area contributed by atoms with Crippen molar-refractivity contribution in [3.05, 3.63) is 0 Å². The van der Waals surface area contributed by atoms with E-state index >= 15 is 0 Å². The first-order valence-corrected chi connectivity index (χ1v) is 6.78. The van der Waals surface area contributed by atoms with Gasteiger partial charge in [0.05, 0.1) is 19.8 Å². The van der Waals surface area contributed by atoms with Gasteiger partial charge in [-0.25, -0.2) is 0 Å². The summed E-state index contributed by atoms with van der Waals surface area (Å²) >= 11 is 0. The molecule has 1 fully saturated rings. The zero-order chi connectivity index (χ0) is 13.6. The molecule has 106 valence electrons. The molecule has 1 aliphatic heterocycles. The zero-order valence-electron chi connectivity index (χ0n) is 12.2. The van der Waals surface area contributed by atoms with E-state index in [4.69, 9.17) is 10.5 Å². The molecule has 0 aromatic heterocycles. The molecule has 1 heterocycles. The quantitative estimate of drug-likeness (QED) is 0.560. The average molecular weight is 256 g/mol. The minimum atomic E-state index is 0.0356. The Morgan fingerprint density at radius 2 is 2.00 bits per heavy atom. The highest BCUT2D eigenvalue weighted by atomic mass is 16.5. The molecule has 3 N–H and O–H groups in total. The van der Waals surface area contributed by atoms with Crippen LogP contribution < -0.4 is 11.1 Å². The second-order valence-corrected chi connectivity index (χ2v) is 5.89. The molecular formula is C13H28N4O. The maximum Gasteiger partial charge on any atom is 0.188 e. The normalized spacial score (nSPS) is 19.3. The van der Waals surface area contributed by atoms with Crippen molar-refractivity contribution >= 4 is 5.96 Å². The first-order valence-electron chi connectivity index (χ1n) is 6.78. The fourth-order valence-corrected chi connectivity index (χ4v) is 1.91. The number of rotatable bonds is 5. The van der Waals surface area contributed by atoms with Crippen LogP contribution in [0.2, 0.25) is 0 Å². The standard InChI is InChI=1S/C13H28N4O/c1-11(2)9-15-12(14)16-10-13(3,4)17-5-7-18-8-6-17/h11H,5-10H2,1-4H3,(H3,14,15,16). The van der Waals surface area contributed by atoms with Gasteiger partial charge >= 0.3 is 0 Å². The lowest BCUT2D eigenvalue weighted by Crippen LogP contribution is -2.52. The molecule has 18 heavy (non-hydrogen) atoms. The molecule has 0 bridgehead atoms. The van der Waals surface area contributed by atoms with E-state index in [2.05, 4.69) is 42.9 Å². The van der Waals surface area contributed by atoms with Gasteiger partial charge in [-0.2, -0.15) is 0 Å². The summed E-state index contributed by atoms with van der Waals surface area (Å²) in [6, 6.07) is 0. The van der Waals surface area contributed by atoms with Gasteiger partial charge in [0.25, 0.3) is 0 Å². The van der Waals surface area contributed by atoms with E-state index in [0.29, 0.717) is 18.4 Å². The van der Waals surface area contributed by atoms with E-state index in [1.165, 1.54) is 0 Å². The van der Waals surface area contributed by atoms with Gasteiger partial charge in [0, 0.05) is 25.2 Å². The fraction of sp³-hybridized carbons (Fsp3) is 0.923. The Hall–Kier alpha value is -0.810. The predicted molar refractivity (Wildman–Crippen MR) is 75.8 cm³/mol. The van der Waals surface area contributed by atoms with E-state index in [-0.39, 0.29) is 5.54 Å². The van der Waals surface area contributed by atoms with Gasteiger partial charge in [-0.15, -0.1) is 0 Å². The average Bonchev–Trinajstić information content (AvgIpc) is 2.35. The maximum atomic E-state index is 5.85. The fourth-order valence-electron chi connectivity index (χ4n) is 1.91. The zero-order valence-corrected chi connectivity index (χ0v) is 12.2. The molecule has 1 saturated heterocycles. The number of hydrogen-bond donors (Lipinski definition) is 2. The minimum absolute atomic E-state index is 0.0356. The molecule has 5 heteroatoms. The lowest BCUT2D eigenvalue weighted by Gasteiger charge is -2.39. The van der Waals surface area contributed by atoms with Crippen molar-refractivity contribution in [3.8, 4) is 0 Å². The van der Waals surface area contributed by atoms with Gasteiger partial charge in [-0.3, -0.25) is 9.89 Å². The van der Waals surface area contributed by atoms with Gasteiger partial charge in [0.2, 0.25) is 0 Å². The molecule has 1 rings (SSSR count). The molecule has 0 aliphatic carbocycles. The van der Waals surface area contributed by atoms with Crippen molar-refractivity contribution in [1.29, 1.82) is 0 Å². The largest absolute Gasteiger partial charge is 0.379 e. The molecule has 0 aromatic carbocycles. The van der Waals surface area contributed by atoms with Crippen LogP contribution in [0.5, 0.6) is 0 Å². The van der Waals surface area contributed by atoms with Crippen LogP contribution in [0.3, 0.4) is 0 Å². The van der Waals surface area contributed by atoms with Crippen molar-refractivity contribution in [2.24, 2.45) is 16.6 Å². The first kappa shape index (κ1) is 15.2. The number of nitrogens with two attached hydrogens (primary N) is 1. The highest BCUT2D eigenvalue weighted by molar-refractivity contribution is 5.77. The summed E-state index contributed by atoms with van der Waals surface area (Å²) in [5.74, 6) is 1.12. The van der Waals surface area contributed by atoms with Crippen LogP contribution in [0, 0.1) is 5.92 Å². The monoisotopic (exact) mass is 256 g/mol. The molecule has 0 aromatic rings. The predicted octanol–water partition coefficient (Wildman–Crippen LogP) is 0.658. The lowest BCUT2D eigenvalue weighted by atomic mass is 10.0. The molecule has 0 unspecified atom stereocenters. The van der Waals surface area contributed by atoms with Crippen LogP contribution in [-0.4, -0.2) is 55.8 Å². The van der Waals surface area contributed by atoms with Gasteiger partial charge in [0.15, 0.2) is 5.96 Å². The molecule has 0 saturated carbocycles. The Balaban J connectivity index is 2.41. The van der Waals surface area contributed by atoms with Crippen LogP contribution in [0.4, 0.5) is 0 Å². The minimum Gasteiger partial charge on any atom is -0.379 e. The van der Waals surface area contributed by atoms with E-state index in [1.54, 1.807) is 0 Å². The molecule has 0 atom stereocenters. The second-order valence-electron chi connectivity index (χ2n) is 5.89. The van der Waals surface area contributed by atoms with Crippen molar-refractivity contribution in [2.75, 3.05) is 39.4 Å². The summed E-state index contributed by atoms with van der Waals surface area (Å²) in [7, 11) is 0. The number of hydrogen-bond acceptors (Lipinski definition) is 3. The van der Waals surface area contributed by atoms with Crippen LogP contribution >= 0.6 is 0 Å². The van der Waals surface area contributed by atoms with Crippen LogP contribution in [0.1, 0.15) is 27.7 Å². The molecule has 0 spiro atoms. The Labute approximate surface area is 111 Å². The number of ether oxygens (including phenoxy) is 1. The molecule has 1 aliphatic rings. The van der Waals surface area contributed by atoms with Gasteiger partial charge < -0.3 is 15.8 Å². The van der Waals surface area contributed by atoms with Crippen molar-refractivity contribution < 1.29 is 4.74 Å². The number of morpholine rings is 1. The highest BCUT2D eigenvalue weighted by Crippen LogP contribution is 2.16. The van der Waals surface area contributed by atoms with Crippen molar-refractivity contribution in [1.82, 2.24) is 10.2 Å². The number of nitrogens with zero attached hydrogens (tertiary/aromatic N) is 2. The van der Waals surface area contributed by atoms with Gasteiger partial charge in [-0.1, -0.05) is 13.8 Å². The van der Waals surface area contributed by atoms with Crippen molar-refractivity contribution in [2.45, 2.75) is 33.2 Å². The summed E-state index contributed by atoms with van der Waals surface area (Å²) in [4.78, 5) is 6.86. The summed E-state index contributed by atoms with van der Waals surface area (Å²) < 4.78 is 5.37. The Bertz CT molecular complexity index is 270. The van der Waals surface area contributed by atoms with Crippen LogP contribution in [0.25, 0.3) is 0 Å². The third-order valence-electron chi connectivity index (χ3n) is 3.19. The highest BCUT2D eigenvalue weighted by Gasteiger charge is 2.27. The third-order valence-corrected chi connectivity index (χ3v) is 3.19. The third kappa shape index (κ3) is 5.23. The van der Waals surface area contributed by atoms with E-state index in [0.717, 1.165) is 32.8 Å². The Kier molecular flexibility index (Phi) is 5.88. The number of nitrogens with one attached hydrogen (secondary N) is 1. The van der Waals surface area contributed by atoms with Crippen molar-refractivity contribution in [3.63, 3.8) is 0 Å². The van der Waals surface area contributed by atoms with Crippen LogP contribution in [-0.2, 0) is 4.74 Å². The summed E-state index contributed by atoms with van der Waals surface area (Å²) in [6.07, 6.45) is 0. The molecule has 0 amide bonds. The van der Waals surface area contributed by atoms with Gasteiger partial charge in [0.1, 0.15) is 0 Å². The summed E-state index contributed by atoms with van der Waals surface area (Å²) in [5.41, 5.74) is 5.89. The van der Waals surface area contributed by atoms with E-state index < -0.39 is 0 Å². The maximum absolute atomic E-state index is 5.85.